The highest BCUT2D eigenvalue weighted by molar-refractivity contribution is 7.99. The lowest BCUT2D eigenvalue weighted by Gasteiger charge is -2.17. The van der Waals surface area contributed by atoms with Gasteiger partial charge in [-0.1, -0.05) is 30.0 Å². The average Bonchev–Trinajstić information content (AvgIpc) is 2.62. The molecule has 3 nitrogen and oxygen atoms in total. The molecular formula is C15H13NO2S. The van der Waals surface area contributed by atoms with E-state index in [9.17, 15) is 4.79 Å². The predicted molar refractivity (Wildman–Crippen MR) is 75.8 cm³/mol. The number of hydrogen-bond donors (Lipinski definition) is 0. The van der Waals surface area contributed by atoms with Crippen LogP contribution in [0.4, 0.5) is 5.69 Å². The fourth-order valence-corrected chi connectivity index (χ4v) is 3.27. The fraction of sp³-hybridized carbons (Fsp3) is 0.133. The van der Waals surface area contributed by atoms with Gasteiger partial charge in [0, 0.05) is 9.79 Å². The van der Waals surface area contributed by atoms with Crippen molar-refractivity contribution in [1.29, 1.82) is 0 Å². The minimum atomic E-state index is 0.603. The molecule has 1 amide bonds. The van der Waals surface area contributed by atoms with E-state index in [-0.39, 0.29) is 0 Å². The van der Waals surface area contributed by atoms with E-state index in [1.165, 1.54) is 4.90 Å². The minimum Gasteiger partial charge on any atom is -0.497 e. The summed E-state index contributed by atoms with van der Waals surface area (Å²) in [5, 5.41) is 0. The fourth-order valence-electron chi connectivity index (χ4n) is 2.16. The summed E-state index contributed by atoms with van der Waals surface area (Å²) >= 11 is 1.67. The molecule has 0 aromatic heterocycles. The number of anilines is 1. The van der Waals surface area contributed by atoms with Crippen molar-refractivity contribution in [2.75, 3.05) is 12.0 Å². The van der Waals surface area contributed by atoms with Gasteiger partial charge in [0.1, 0.15) is 5.75 Å². The molecule has 96 valence electrons. The Morgan fingerprint density at radius 2 is 2.05 bits per heavy atom. The molecule has 1 aliphatic heterocycles. The van der Waals surface area contributed by atoms with E-state index >= 15 is 0 Å². The zero-order chi connectivity index (χ0) is 13.2. The van der Waals surface area contributed by atoms with E-state index in [2.05, 4.69) is 12.1 Å². The van der Waals surface area contributed by atoms with Crippen molar-refractivity contribution in [1.82, 2.24) is 0 Å². The standard InChI is InChI=1S/C15H13NO2S/c1-18-12-6-7-13-15(8-12)19-14-5-3-2-4-11(14)9-16(13)10-17/h2-8,10H,9H2,1H3. The van der Waals surface area contributed by atoms with Gasteiger partial charge in [-0.2, -0.15) is 0 Å². The molecule has 0 N–H and O–H groups in total. The molecular weight excluding hydrogens is 258 g/mol. The summed E-state index contributed by atoms with van der Waals surface area (Å²) in [5.41, 5.74) is 2.09. The Kier molecular flexibility index (Phi) is 3.17. The Balaban J connectivity index is 2.14. The van der Waals surface area contributed by atoms with E-state index < -0.39 is 0 Å². The number of hydrogen-bond acceptors (Lipinski definition) is 3. The lowest BCUT2D eigenvalue weighted by Crippen LogP contribution is -2.20. The first-order valence-electron chi connectivity index (χ1n) is 5.97. The van der Waals surface area contributed by atoms with Crippen LogP contribution in [0.5, 0.6) is 5.75 Å². The van der Waals surface area contributed by atoms with Crippen molar-refractivity contribution in [3.05, 3.63) is 48.0 Å². The predicted octanol–water partition coefficient (Wildman–Crippen LogP) is 3.32. The summed E-state index contributed by atoms with van der Waals surface area (Å²) < 4.78 is 5.26. The van der Waals surface area contributed by atoms with Crippen molar-refractivity contribution in [2.24, 2.45) is 0 Å². The molecule has 3 rings (SSSR count). The Hall–Kier alpha value is -1.94. The van der Waals surface area contributed by atoms with Gasteiger partial charge in [0.25, 0.3) is 0 Å². The van der Waals surface area contributed by atoms with E-state index in [1.807, 2.05) is 30.3 Å². The van der Waals surface area contributed by atoms with E-state index in [1.54, 1.807) is 23.8 Å². The third-order valence-corrected chi connectivity index (χ3v) is 4.30. The Morgan fingerprint density at radius 3 is 2.84 bits per heavy atom. The molecule has 0 radical (unpaired) electrons. The van der Waals surface area contributed by atoms with Crippen LogP contribution < -0.4 is 9.64 Å². The van der Waals surface area contributed by atoms with Gasteiger partial charge in [-0.15, -0.1) is 0 Å². The number of carbonyl (C=O) groups excluding carboxylic acids is 1. The van der Waals surface area contributed by atoms with Crippen molar-refractivity contribution < 1.29 is 9.53 Å². The first-order chi connectivity index (χ1) is 9.31. The monoisotopic (exact) mass is 271 g/mol. The topological polar surface area (TPSA) is 29.5 Å². The van der Waals surface area contributed by atoms with Gasteiger partial charge in [-0.25, -0.2) is 0 Å². The van der Waals surface area contributed by atoms with Crippen LogP contribution in [0.3, 0.4) is 0 Å². The molecule has 1 heterocycles. The third-order valence-electron chi connectivity index (χ3n) is 3.14. The molecule has 0 spiro atoms. The molecule has 2 aromatic rings. The van der Waals surface area contributed by atoms with Crippen LogP contribution in [-0.2, 0) is 11.3 Å². The van der Waals surface area contributed by atoms with E-state index in [4.69, 9.17) is 4.74 Å². The number of methoxy groups -OCH3 is 1. The maximum absolute atomic E-state index is 11.3. The summed E-state index contributed by atoms with van der Waals surface area (Å²) in [6, 6.07) is 13.9. The van der Waals surface area contributed by atoms with Crippen LogP contribution >= 0.6 is 11.8 Å². The maximum atomic E-state index is 11.3. The summed E-state index contributed by atoms with van der Waals surface area (Å²) in [6.45, 7) is 0.603. The zero-order valence-electron chi connectivity index (χ0n) is 10.5. The number of benzene rings is 2. The second-order valence-corrected chi connectivity index (χ2v) is 5.36. The van der Waals surface area contributed by atoms with Crippen LogP contribution in [0.1, 0.15) is 5.56 Å². The first-order valence-corrected chi connectivity index (χ1v) is 6.79. The smallest absolute Gasteiger partial charge is 0.214 e. The lowest BCUT2D eigenvalue weighted by atomic mass is 10.2. The minimum absolute atomic E-state index is 0.603. The number of fused-ring (bicyclic) bond motifs is 2. The molecule has 0 aliphatic carbocycles. The molecule has 0 bridgehead atoms. The molecule has 1 aliphatic rings. The number of ether oxygens (including phenoxy) is 1. The van der Waals surface area contributed by atoms with Crippen molar-refractivity contribution >= 4 is 23.9 Å². The summed E-state index contributed by atoms with van der Waals surface area (Å²) in [6.07, 6.45) is 0.883. The quantitative estimate of drug-likeness (QED) is 0.785. The number of carbonyl (C=O) groups is 1. The molecule has 0 saturated heterocycles. The highest BCUT2D eigenvalue weighted by Crippen LogP contribution is 2.42. The van der Waals surface area contributed by atoms with Gasteiger partial charge in [-0.3, -0.25) is 4.79 Å². The van der Waals surface area contributed by atoms with Gasteiger partial charge in [-0.05, 0) is 29.8 Å². The van der Waals surface area contributed by atoms with Crippen LogP contribution in [0.25, 0.3) is 0 Å². The second-order valence-electron chi connectivity index (χ2n) is 4.28. The maximum Gasteiger partial charge on any atom is 0.214 e. The van der Waals surface area contributed by atoms with E-state index in [0.717, 1.165) is 28.3 Å². The highest BCUT2D eigenvalue weighted by Gasteiger charge is 2.19. The molecule has 0 fully saturated rings. The molecule has 0 saturated carbocycles. The molecule has 2 aromatic carbocycles. The van der Waals surface area contributed by atoms with Gasteiger partial charge in [0.2, 0.25) is 6.41 Å². The van der Waals surface area contributed by atoms with Crippen molar-refractivity contribution in [3.63, 3.8) is 0 Å². The zero-order valence-corrected chi connectivity index (χ0v) is 11.3. The molecule has 4 heteroatoms. The van der Waals surface area contributed by atoms with Gasteiger partial charge < -0.3 is 9.64 Å². The van der Waals surface area contributed by atoms with Crippen LogP contribution in [0.2, 0.25) is 0 Å². The first kappa shape index (κ1) is 12.1. The third kappa shape index (κ3) is 2.19. The normalized spacial score (nSPS) is 13.2. The van der Waals surface area contributed by atoms with E-state index in [0.29, 0.717) is 6.54 Å². The Labute approximate surface area is 116 Å². The van der Waals surface area contributed by atoms with Gasteiger partial charge in [0.15, 0.2) is 0 Å². The lowest BCUT2D eigenvalue weighted by molar-refractivity contribution is -0.107. The van der Waals surface area contributed by atoms with Crippen LogP contribution in [0.15, 0.2) is 52.3 Å². The number of amides is 1. The van der Waals surface area contributed by atoms with Gasteiger partial charge in [0.05, 0.1) is 19.3 Å². The van der Waals surface area contributed by atoms with Gasteiger partial charge >= 0.3 is 0 Å². The second kappa shape index (κ2) is 4.97. The number of nitrogens with zero attached hydrogens (tertiary/aromatic N) is 1. The molecule has 0 atom stereocenters. The molecule has 0 unspecified atom stereocenters. The summed E-state index contributed by atoms with van der Waals surface area (Å²) in [7, 11) is 1.65. The Morgan fingerprint density at radius 1 is 1.21 bits per heavy atom. The van der Waals surface area contributed by atoms with Crippen molar-refractivity contribution in [2.45, 2.75) is 16.3 Å². The molecule has 19 heavy (non-hydrogen) atoms. The van der Waals surface area contributed by atoms with Crippen LogP contribution in [-0.4, -0.2) is 13.5 Å². The summed E-state index contributed by atoms with van der Waals surface area (Å²) in [4.78, 5) is 15.3. The Bertz CT molecular complexity index is 627. The highest BCUT2D eigenvalue weighted by atomic mass is 32.2. The van der Waals surface area contributed by atoms with Crippen LogP contribution in [0, 0.1) is 0 Å². The largest absolute Gasteiger partial charge is 0.497 e. The average molecular weight is 271 g/mol. The summed E-state index contributed by atoms with van der Waals surface area (Å²) in [5.74, 6) is 0.802. The van der Waals surface area contributed by atoms with Crippen molar-refractivity contribution in [3.8, 4) is 5.75 Å². The number of rotatable bonds is 2. The SMILES string of the molecule is COc1ccc2c(c1)Sc1ccccc1CN2C=O.